The summed E-state index contributed by atoms with van der Waals surface area (Å²) >= 11 is 1.26. The number of aromatic nitrogens is 2. The van der Waals surface area contributed by atoms with Crippen molar-refractivity contribution in [2.45, 2.75) is 36.3 Å². The predicted molar refractivity (Wildman–Crippen MR) is 124 cm³/mol. The Bertz CT molecular complexity index is 1310. The number of halogens is 3. The number of benzene rings is 3. The molecule has 0 saturated heterocycles. The molecule has 5 nitrogen and oxygen atoms in total. The number of nitrogens with zero attached hydrogens (tertiary/aromatic N) is 2. The lowest BCUT2D eigenvalue weighted by Crippen LogP contribution is -2.26. The first-order valence-electron chi connectivity index (χ1n) is 10.3. The highest BCUT2D eigenvalue weighted by Crippen LogP contribution is 2.34. The molecular formula is C25H21F3N2O3S. The van der Waals surface area contributed by atoms with Gasteiger partial charge in [-0.25, -0.2) is 4.68 Å². The number of carboxylic acids is 1. The third kappa shape index (κ3) is 5.36. The highest BCUT2D eigenvalue weighted by molar-refractivity contribution is 8.01. The SMILES string of the molecule is CC(C)(Sc1ccc(OCc2ccc3nn(-c4ccc(C(F)(F)F)cc4)cc3c2)cc1)C(=O)O. The van der Waals surface area contributed by atoms with Crippen molar-refractivity contribution in [2.24, 2.45) is 0 Å². The number of hydrogen-bond donors (Lipinski definition) is 1. The van der Waals surface area contributed by atoms with Gasteiger partial charge < -0.3 is 9.84 Å². The number of carbonyl (C=O) groups is 1. The summed E-state index contributed by atoms with van der Waals surface area (Å²) in [6.07, 6.45) is -2.62. The summed E-state index contributed by atoms with van der Waals surface area (Å²) in [5, 5.41) is 14.5. The Balaban J connectivity index is 1.43. The molecule has 0 aliphatic carbocycles. The fraction of sp³-hybridized carbons (Fsp3) is 0.200. The van der Waals surface area contributed by atoms with E-state index in [9.17, 15) is 23.1 Å². The molecule has 0 unspecified atom stereocenters. The number of ether oxygens (including phenoxy) is 1. The fourth-order valence-corrected chi connectivity index (χ4v) is 4.16. The van der Waals surface area contributed by atoms with Crippen LogP contribution in [0.5, 0.6) is 5.75 Å². The third-order valence-electron chi connectivity index (χ3n) is 5.15. The van der Waals surface area contributed by atoms with Crippen LogP contribution in [0.25, 0.3) is 16.6 Å². The van der Waals surface area contributed by atoms with Crippen molar-refractivity contribution >= 4 is 28.6 Å². The van der Waals surface area contributed by atoms with Crippen LogP contribution >= 0.6 is 11.8 Å². The molecule has 0 fully saturated rings. The van der Waals surface area contributed by atoms with E-state index in [-0.39, 0.29) is 0 Å². The lowest BCUT2D eigenvalue weighted by molar-refractivity contribution is -0.139. The Morgan fingerprint density at radius 2 is 1.71 bits per heavy atom. The second kappa shape index (κ2) is 9.06. The molecule has 0 amide bonds. The molecule has 1 N–H and O–H groups in total. The van der Waals surface area contributed by atoms with E-state index in [1.165, 1.54) is 23.9 Å². The highest BCUT2D eigenvalue weighted by Gasteiger charge is 2.30. The zero-order chi connectivity index (χ0) is 24.5. The van der Waals surface area contributed by atoms with E-state index in [4.69, 9.17) is 4.74 Å². The molecule has 0 aliphatic rings. The minimum absolute atomic E-state index is 0.314. The van der Waals surface area contributed by atoms with Crippen molar-refractivity contribution in [2.75, 3.05) is 0 Å². The summed E-state index contributed by atoms with van der Waals surface area (Å²) < 4.78 is 44.8. The zero-order valence-corrected chi connectivity index (χ0v) is 19.2. The van der Waals surface area contributed by atoms with Gasteiger partial charge in [-0.15, -0.1) is 11.8 Å². The van der Waals surface area contributed by atoms with E-state index >= 15 is 0 Å². The highest BCUT2D eigenvalue weighted by atomic mass is 32.2. The minimum atomic E-state index is -4.38. The van der Waals surface area contributed by atoms with Crippen LogP contribution in [0, 0.1) is 0 Å². The second-order valence-corrected chi connectivity index (χ2v) is 9.89. The summed E-state index contributed by atoms with van der Waals surface area (Å²) in [5.41, 5.74) is 1.45. The van der Waals surface area contributed by atoms with Gasteiger partial charge in [0.25, 0.3) is 0 Å². The van der Waals surface area contributed by atoms with Crippen molar-refractivity contribution in [3.8, 4) is 11.4 Å². The topological polar surface area (TPSA) is 64.4 Å². The maximum absolute atomic E-state index is 12.8. The number of fused-ring (bicyclic) bond motifs is 1. The number of rotatable bonds is 7. The van der Waals surface area contributed by atoms with E-state index in [2.05, 4.69) is 5.10 Å². The van der Waals surface area contributed by atoms with Crippen LogP contribution in [-0.4, -0.2) is 25.6 Å². The summed E-state index contributed by atoms with van der Waals surface area (Å²) in [7, 11) is 0. The third-order valence-corrected chi connectivity index (χ3v) is 6.34. The number of aliphatic carboxylic acids is 1. The number of carboxylic acid groups (broad SMARTS) is 1. The van der Waals surface area contributed by atoms with Gasteiger partial charge in [0.2, 0.25) is 0 Å². The van der Waals surface area contributed by atoms with Crippen molar-refractivity contribution in [3.63, 3.8) is 0 Å². The molecule has 1 heterocycles. The van der Waals surface area contributed by atoms with Crippen LogP contribution in [0.1, 0.15) is 25.0 Å². The molecular weight excluding hydrogens is 465 g/mol. The summed E-state index contributed by atoms with van der Waals surface area (Å²) in [5.74, 6) is -0.229. The Hall–Kier alpha value is -3.46. The predicted octanol–water partition coefficient (Wildman–Crippen LogP) is 6.58. The quantitative estimate of drug-likeness (QED) is 0.299. The Morgan fingerprint density at radius 3 is 2.32 bits per heavy atom. The molecule has 4 rings (SSSR count). The largest absolute Gasteiger partial charge is 0.489 e. The van der Waals surface area contributed by atoms with Crippen LogP contribution in [0.3, 0.4) is 0 Å². The summed E-state index contributed by atoms with van der Waals surface area (Å²) in [4.78, 5) is 12.1. The second-order valence-electron chi connectivity index (χ2n) is 8.19. The van der Waals surface area contributed by atoms with E-state index < -0.39 is 22.5 Å². The molecule has 0 aliphatic heterocycles. The van der Waals surface area contributed by atoms with E-state index in [0.29, 0.717) is 23.6 Å². The Labute approximate surface area is 198 Å². The zero-order valence-electron chi connectivity index (χ0n) is 18.3. The molecule has 3 aromatic carbocycles. The van der Waals surface area contributed by atoms with E-state index in [0.717, 1.165) is 28.0 Å². The molecule has 9 heteroatoms. The molecule has 1 aromatic heterocycles. The van der Waals surface area contributed by atoms with Gasteiger partial charge in [0.05, 0.1) is 16.8 Å². The number of alkyl halides is 3. The van der Waals surface area contributed by atoms with Crippen molar-refractivity contribution in [3.05, 3.63) is 84.1 Å². The van der Waals surface area contributed by atoms with Gasteiger partial charge >= 0.3 is 12.1 Å². The van der Waals surface area contributed by atoms with Gasteiger partial charge in [-0.2, -0.15) is 18.3 Å². The molecule has 0 spiro atoms. The van der Waals surface area contributed by atoms with E-state index in [1.54, 1.807) is 36.9 Å². The molecule has 0 radical (unpaired) electrons. The van der Waals surface area contributed by atoms with Gasteiger partial charge in [0, 0.05) is 16.5 Å². The molecule has 0 atom stereocenters. The van der Waals surface area contributed by atoms with Crippen LogP contribution < -0.4 is 4.74 Å². The monoisotopic (exact) mass is 486 g/mol. The smallest absolute Gasteiger partial charge is 0.416 e. The van der Waals surface area contributed by atoms with Crippen LogP contribution in [0.2, 0.25) is 0 Å². The van der Waals surface area contributed by atoms with Gasteiger partial charge in [0.1, 0.15) is 17.1 Å². The van der Waals surface area contributed by atoms with Gasteiger partial charge in [-0.05, 0) is 80.1 Å². The van der Waals surface area contributed by atoms with Gasteiger partial charge in [-0.1, -0.05) is 6.07 Å². The fourth-order valence-electron chi connectivity index (χ4n) is 3.21. The van der Waals surface area contributed by atoms with Crippen molar-refractivity contribution in [1.29, 1.82) is 0 Å². The standard InChI is InChI=1S/C25H21F3N2O3S/c1-24(2,23(31)32)34-21-10-8-20(9-11-21)33-15-16-3-12-22-17(13-16)14-30(29-22)19-6-4-18(5-7-19)25(26,27)28/h3-14H,15H2,1-2H3,(H,31,32). The lowest BCUT2D eigenvalue weighted by Gasteiger charge is -2.18. The normalized spacial score (nSPS) is 12.1. The van der Waals surface area contributed by atoms with Gasteiger partial charge in [-0.3, -0.25) is 4.79 Å². The number of hydrogen-bond acceptors (Lipinski definition) is 4. The van der Waals surface area contributed by atoms with E-state index in [1.807, 2.05) is 30.3 Å². The average molecular weight is 487 g/mol. The van der Waals surface area contributed by atoms with Crippen LogP contribution in [-0.2, 0) is 17.6 Å². The van der Waals surface area contributed by atoms with Crippen molar-refractivity contribution in [1.82, 2.24) is 9.78 Å². The maximum Gasteiger partial charge on any atom is 0.416 e. The molecule has 0 saturated carbocycles. The average Bonchev–Trinajstić information content (AvgIpc) is 3.21. The molecule has 4 aromatic rings. The molecule has 0 bridgehead atoms. The van der Waals surface area contributed by atoms with Crippen LogP contribution in [0.15, 0.2) is 77.8 Å². The Kier molecular flexibility index (Phi) is 6.31. The summed E-state index contributed by atoms with van der Waals surface area (Å²) in [6, 6.07) is 17.7. The molecule has 176 valence electrons. The lowest BCUT2D eigenvalue weighted by atomic mass is 10.2. The first kappa shape index (κ1) is 23.7. The molecule has 34 heavy (non-hydrogen) atoms. The Morgan fingerprint density at radius 1 is 1.03 bits per heavy atom. The van der Waals surface area contributed by atoms with Gasteiger partial charge in [0.15, 0.2) is 0 Å². The first-order chi connectivity index (χ1) is 16.0. The number of thioether (sulfide) groups is 1. The minimum Gasteiger partial charge on any atom is -0.489 e. The first-order valence-corrected chi connectivity index (χ1v) is 11.1. The van der Waals surface area contributed by atoms with Crippen molar-refractivity contribution < 1.29 is 27.8 Å². The van der Waals surface area contributed by atoms with Crippen LogP contribution in [0.4, 0.5) is 13.2 Å². The maximum atomic E-state index is 12.8. The summed E-state index contributed by atoms with van der Waals surface area (Å²) in [6.45, 7) is 3.62.